The van der Waals surface area contributed by atoms with Crippen LogP contribution >= 0.6 is 15.9 Å². The fourth-order valence-corrected chi connectivity index (χ4v) is 2.49. The Labute approximate surface area is 129 Å². The molecular formula is C17H20BrNO. The molecule has 0 bridgehead atoms. The molecule has 106 valence electrons. The molecule has 2 aromatic rings. The summed E-state index contributed by atoms with van der Waals surface area (Å²) in [4.78, 5) is 0. The summed E-state index contributed by atoms with van der Waals surface area (Å²) in [6.45, 7) is 8.02. The van der Waals surface area contributed by atoms with Gasteiger partial charge >= 0.3 is 0 Å². The molecule has 0 heterocycles. The molecule has 0 amide bonds. The number of aryl methyl sites for hydroxylation is 2. The number of halogens is 1. The van der Waals surface area contributed by atoms with Crippen molar-refractivity contribution in [2.45, 2.75) is 27.3 Å². The van der Waals surface area contributed by atoms with Crippen molar-refractivity contribution in [2.75, 3.05) is 6.54 Å². The Bertz CT molecular complexity index is 575. The van der Waals surface area contributed by atoms with Crippen LogP contribution in [-0.2, 0) is 6.54 Å². The maximum Gasteiger partial charge on any atom is 0.133 e. The number of nitrogens with one attached hydrogen (secondary N) is 1. The van der Waals surface area contributed by atoms with Crippen molar-refractivity contribution in [3.63, 3.8) is 0 Å². The van der Waals surface area contributed by atoms with Crippen molar-refractivity contribution in [3.05, 3.63) is 57.6 Å². The zero-order valence-electron chi connectivity index (χ0n) is 12.2. The van der Waals surface area contributed by atoms with Gasteiger partial charge in [-0.05, 0) is 55.8 Å². The number of hydrogen-bond acceptors (Lipinski definition) is 2. The molecule has 3 heteroatoms. The van der Waals surface area contributed by atoms with Gasteiger partial charge in [-0.3, -0.25) is 0 Å². The largest absolute Gasteiger partial charge is 0.457 e. The SMILES string of the molecule is CCNCc1ccc(Br)cc1Oc1cc(C)cc(C)c1. The predicted molar refractivity (Wildman–Crippen MR) is 87.5 cm³/mol. The normalized spacial score (nSPS) is 10.6. The van der Waals surface area contributed by atoms with E-state index >= 15 is 0 Å². The zero-order valence-corrected chi connectivity index (χ0v) is 13.8. The first-order chi connectivity index (χ1) is 9.58. The molecule has 0 aromatic heterocycles. The predicted octanol–water partition coefficient (Wildman–Crippen LogP) is 4.97. The molecule has 1 N–H and O–H groups in total. The van der Waals surface area contributed by atoms with Crippen LogP contribution in [0.1, 0.15) is 23.6 Å². The van der Waals surface area contributed by atoms with Crippen LogP contribution in [-0.4, -0.2) is 6.54 Å². The molecule has 0 atom stereocenters. The summed E-state index contributed by atoms with van der Waals surface area (Å²) >= 11 is 3.51. The molecule has 2 rings (SSSR count). The van der Waals surface area contributed by atoms with Crippen LogP contribution in [0.5, 0.6) is 11.5 Å². The van der Waals surface area contributed by atoms with Gasteiger partial charge < -0.3 is 10.1 Å². The lowest BCUT2D eigenvalue weighted by atomic mass is 10.1. The van der Waals surface area contributed by atoms with Crippen molar-refractivity contribution < 1.29 is 4.74 Å². The number of ether oxygens (including phenoxy) is 1. The summed E-state index contributed by atoms with van der Waals surface area (Å²) < 4.78 is 7.10. The molecule has 0 aliphatic heterocycles. The monoisotopic (exact) mass is 333 g/mol. The number of rotatable bonds is 5. The van der Waals surface area contributed by atoms with Crippen molar-refractivity contribution in [2.24, 2.45) is 0 Å². The lowest BCUT2D eigenvalue weighted by Crippen LogP contribution is -2.12. The van der Waals surface area contributed by atoms with E-state index in [-0.39, 0.29) is 0 Å². The minimum Gasteiger partial charge on any atom is -0.457 e. The fraction of sp³-hybridized carbons (Fsp3) is 0.294. The summed E-state index contributed by atoms with van der Waals surface area (Å²) in [6.07, 6.45) is 0. The van der Waals surface area contributed by atoms with Gasteiger partial charge in [0.2, 0.25) is 0 Å². The second-order valence-electron chi connectivity index (χ2n) is 4.96. The van der Waals surface area contributed by atoms with E-state index in [0.29, 0.717) is 0 Å². The highest BCUT2D eigenvalue weighted by Gasteiger charge is 2.06. The van der Waals surface area contributed by atoms with Crippen molar-refractivity contribution in [1.82, 2.24) is 5.32 Å². The first kappa shape index (κ1) is 15.1. The lowest BCUT2D eigenvalue weighted by molar-refractivity contribution is 0.472. The average molecular weight is 334 g/mol. The third-order valence-corrected chi connectivity index (χ3v) is 3.51. The van der Waals surface area contributed by atoms with Gasteiger partial charge in [0.05, 0.1) is 0 Å². The van der Waals surface area contributed by atoms with E-state index in [2.05, 4.69) is 66.3 Å². The van der Waals surface area contributed by atoms with Crippen LogP contribution in [0.3, 0.4) is 0 Å². The first-order valence-corrected chi connectivity index (χ1v) is 7.63. The Kier molecular flexibility index (Phi) is 5.21. The molecule has 20 heavy (non-hydrogen) atoms. The quantitative estimate of drug-likeness (QED) is 0.834. The summed E-state index contributed by atoms with van der Waals surface area (Å²) in [5, 5.41) is 3.34. The minimum absolute atomic E-state index is 0.809. The maximum atomic E-state index is 6.08. The number of hydrogen-bond donors (Lipinski definition) is 1. The smallest absolute Gasteiger partial charge is 0.133 e. The summed E-state index contributed by atoms with van der Waals surface area (Å²) in [6, 6.07) is 12.4. The van der Waals surface area contributed by atoms with Crippen LogP contribution in [0, 0.1) is 13.8 Å². The Balaban J connectivity index is 2.28. The Morgan fingerprint density at radius 3 is 2.40 bits per heavy atom. The van der Waals surface area contributed by atoms with Crippen molar-refractivity contribution in [3.8, 4) is 11.5 Å². The summed E-state index contributed by atoms with van der Waals surface area (Å²) in [7, 11) is 0. The van der Waals surface area contributed by atoms with E-state index in [1.165, 1.54) is 11.1 Å². The third-order valence-electron chi connectivity index (χ3n) is 3.02. The van der Waals surface area contributed by atoms with Crippen LogP contribution in [0.25, 0.3) is 0 Å². The molecular weight excluding hydrogens is 314 g/mol. The van der Waals surface area contributed by atoms with Crippen molar-refractivity contribution >= 4 is 15.9 Å². The molecule has 0 aliphatic rings. The van der Waals surface area contributed by atoms with Gasteiger partial charge in [0.15, 0.2) is 0 Å². The second-order valence-corrected chi connectivity index (χ2v) is 5.87. The molecule has 0 saturated carbocycles. The minimum atomic E-state index is 0.809. The van der Waals surface area contributed by atoms with Gasteiger partial charge in [0.1, 0.15) is 11.5 Å². The standard InChI is InChI=1S/C17H20BrNO/c1-4-19-11-14-5-6-15(18)10-17(14)20-16-8-12(2)7-13(3)9-16/h5-10,19H,4,11H2,1-3H3. The average Bonchev–Trinajstić information content (AvgIpc) is 2.36. The molecule has 0 fully saturated rings. The molecule has 0 unspecified atom stereocenters. The van der Waals surface area contributed by atoms with E-state index in [9.17, 15) is 0 Å². The molecule has 2 nitrogen and oxygen atoms in total. The molecule has 0 spiro atoms. The second kappa shape index (κ2) is 6.91. The van der Waals surface area contributed by atoms with Gasteiger partial charge in [0, 0.05) is 16.6 Å². The van der Waals surface area contributed by atoms with Gasteiger partial charge in [-0.25, -0.2) is 0 Å². The summed E-state index contributed by atoms with van der Waals surface area (Å²) in [5.41, 5.74) is 3.58. The number of benzene rings is 2. The first-order valence-electron chi connectivity index (χ1n) is 6.84. The highest BCUT2D eigenvalue weighted by atomic mass is 79.9. The third kappa shape index (κ3) is 4.09. The van der Waals surface area contributed by atoms with E-state index in [0.717, 1.165) is 34.6 Å². The van der Waals surface area contributed by atoms with Crippen molar-refractivity contribution in [1.29, 1.82) is 0 Å². The highest BCUT2D eigenvalue weighted by molar-refractivity contribution is 9.10. The van der Waals surface area contributed by atoms with Gasteiger partial charge in [-0.15, -0.1) is 0 Å². The maximum absolute atomic E-state index is 6.08. The van der Waals surface area contributed by atoms with Crippen LogP contribution in [0.2, 0.25) is 0 Å². The van der Waals surface area contributed by atoms with Gasteiger partial charge in [-0.1, -0.05) is 35.0 Å². The van der Waals surface area contributed by atoms with E-state index in [1.54, 1.807) is 0 Å². The van der Waals surface area contributed by atoms with Crippen LogP contribution < -0.4 is 10.1 Å². The fourth-order valence-electron chi connectivity index (χ4n) is 2.15. The Morgan fingerprint density at radius 2 is 1.75 bits per heavy atom. The van der Waals surface area contributed by atoms with Crippen LogP contribution in [0.15, 0.2) is 40.9 Å². The van der Waals surface area contributed by atoms with E-state index < -0.39 is 0 Å². The van der Waals surface area contributed by atoms with E-state index in [1.807, 2.05) is 12.1 Å². The molecule has 0 radical (unpaired) electrons. The highest BCUT2D eigenvalue weighted by Crippen LogP contribution is 2.29. The Morgan fingerprint density at radius 1 is 1.05 bits per heavy atom. The topological polar surface area (TPSA) is 21.3 Å². The molecule has 0 aliphatic carbocycles. The Hall–Kier alpha value is -1.32. The molecule has 2 aromatic carbocycles. The molecule has 0 saturated heterocycles. The van der Waals surface area contributed by atoms with Gasteiger partial charge in [-0.2, -0.15) is 0 Å². The summed E-state index contributed by atoms with van der Waals surface area (Å²) in [5.74, 6) is 1.78. The van der Waals surface area contributed by atoms with E-state index in [4.69, 9.17) is 4.74 Å². The zero-order chi connectivity index (χ0) is 14.5. The van der Waals surface area contributed by atoms with Crippen LogP contribution in [0.4, 0.5) is 0 Å². The lowest BCUT2D eigenvalue weighted by Gasteiger charge is -2.13. The van der Waals surface area contributed by atoms with Gasteiger partial charge in [0.25, 0.3) is 0 Å².